The summed E-state index contributed by atoms with van der Waals surface area (Å²) < 4.78 is 2.28. The van der Waals surface area contributed by atoms with Crippen LogP contribution in [0.4, 0.5) is 0 Å². The number of nitrogens with zero attached hydrogens (tertiary/aromatic N) is 3. The molecule has 1 spiro atoms. The Hall–Kier alpha value is -1.65. The van der Waals surface area contributed by atoms with Crippen molar-refractivity contribution in [3.05, 3.63) is 42.4 Å². The number of aliphatic hydroxyl groups is 1. The molecule has 1 aliphatic carbocycles. The summed E-state index contributed by atoms with van der Waals surface area (Å²) in [6, 6.07) is 8.86. The molecular weight excluding hydrogens is 286 g/mol. The van der Waals surface area contributed by atoms with Crippen LogP contribution in [0.1, 0.15) is 30.9 Å². The van der Waals surface area contributed by atoms with Crippen LogP contribution in [0.2, 0.25) is 0 Å². The first kappa shape index (κ1) is 13.8. The van der Waals surface area contributed by atoms with E-state index in [1.807, 2.05) is 12.5 Å². The summed E-state index contributed by atoms with van der Waals surface area (Å²) in [5.74, 6) is 0.315. The summed E-state index contributed by atoms with van der Waals surface area (Å²) in [7, 11) is 2.18. The molecular formula is C19H23N3O. The summed E-state index contributed by atoms with van der Waals surface area (Å²) in [5.41, 5.74) is 4.00. The van der Waals surface area contributed by atoms with E-state index in [2.05, 4.69) is 45.8 Å². The molecule has 4 nitrogen and oxygen atoms in total. The Balaban J connectivity index is 1.48. The van der Waals surface area contributed by atoms with E-state index in [9.17, 15) is 5.11 Å². The van der Waals surface area contributed by atoms with Crippen LogP contribution in [0.5, 0.6) is 0 Å². The summed E-state index contributed by atoms with van der Waals surface area (Å²) in [6.07, 6.45) is 7.10. The zero-order valence-electron chi connectivity index (χ0n) is 13.5. The first-order chi connectivity index (χ1) is 11.2. The fraction of sp³-hybridized carbons (Fsp3) is 0.526. The van der Waals surface area contributed by atoms with Crippen molar-refractivity contribution in [3.63, 3.8) is 0 Å². The highest BCUT2D eigenvalue weighted by Crippen LogP contribution is 2.59. The van der Waals surface area contributed by atoms with Gasteiger partial charge in [0.05, 0.1) is 30.4 Å². The Morgan fingerprint density at radius 2 is 2.00 bits per heavy atom. The third-order valence-electron chi connectivity index (χ3n) is 6.58. The van der Waals surface area contributed by atoms with Crippen molar-refractivity contribution in [2.75, 3.05) is 20.1 Å². The van der Waals surface area contributed by atoms with Crippen molar-refractivity contribution in [3.8, 4) is 11.3 Å². The number of aromatic nitrogens is 2. The van der Waals surface area contributed by atoms with Gasteiger partial charge in [-0.05, 0) is 50.4 Å². The molecule has 0 bridgehead atoms. The molecule has 1 saturated carbocycles. The fourth-order valence-electron chi connectivity index (χ4n) is 5.15. The second kappa shape index (κ2) is 4.68. The van der Waals surface area contributed by atoms with E-state index in [4.69, 9.17) is 0 Å². The van der Waals surface area contributed by atoms with Gasteiger partial charge < -0.3 is 14.6 Å². The van der Waals surface area contributed by atoms with Gasteiger partial charge in [-0.3, -0.25) is 0 Å². The smallest absolute Gasteiger partial charge is 0.0956 e. The van der Waals surface area contributed by atoms with Gasteiger partial charge in [0.25, 0.3) is 0 Å². The monoisotopic (exact) mass is 309 g/mol. The van der Waals surface area contributed by atoms with Crippen LogP contribution >= 0.6 is 0 Å². The predicted molar refractivity (Wildman–Crippen MR) is 89.1 cm³/mol. The van der Waals surface area contributed by atoms with E-state index >= 15 is 0 Å². The van der Waals surface area contributed by atoms with Crippen LogP contribution in [0, 0.1) is 11.3 Å². The Bertz CT molecular complexity index is 745. The van der Waals surface area contributed by atoms with Gasteiger partial charge in [0, 0.05) is 11.5 Å². The highest BCUT2D eigenvalue weighted by atomic mass is 16.3. The molecule has 120 valence electrons. The molecule has 2 aromatic rings. The summed E-state index contributed by atoms with van der Waals surface area (Å²) in [5, 5.41) is 11.1. The summed E-state index contributed by atoms with van der Waals surface area (Å²) in [6.45, 7) is 2.22. The molecule has 2 aliphatic heterocycles. The number of hydrogen-bond donors (Lipinski definition) is 1. The van der Waals surface area contributed by atoms with Crippen molar-refractivity contribution in [2.24, 2.45) is 11.3 Å². The molecule has 1 N–H and O–H groups in total. The molecule has 1 aromatic heterocycles. The largest absolute Gasteiger partial charge is 0.392 e. The minimum absolute atomic E-state index is 0.162. The van der Waals surface area contributed by atoms with Crippen molar-refractivity contribution in [2.45, 2.75) is 31.4 Å². The van der Waals surface area contributed by atoms with Gasteiger partial charge in [0.1, 0.15) is 0 Å². The van der Waals surface area contributed by atoms with Crippen LogP contribution < -0.4 is 0 Å². The molecule has 3 heterocycles. The normalized spacial score (nSPS) is 31.7. The standard InChI is InChI=1S/C19H23N3O/c1-21-8-6-19(7-9-21)10-15(18(19)23)17-14-5-3-2-4-13(14)16-11-20-12-22(16)17/h2-5,11-12,15,17-18,23H,6-10H2,1H3/t15-,17+,18+/m0/s1. The lowest BCUT2D eigenvalue weighted by Gasteiger charge is -2.57. The average molecular weight is 309 g/mol. The number of imidazole rings is 1. The lowest BCUT2D eigenvalue weighted by atomic mass is 9.53. The molecule has 1 aromatic carbocycles. The first-order valence-electron chi connectivity index (χ1n) is 8.67. The average Bonchev–Trinajstić information content (AvgIpc) is 3.15. The van der Waals surface area contributed by atoms with Gasteiger partial charge in [-0.15, -0.1) is 0 Å². The highest BCUT2D eigenvalue weighted by Gasteiger charge is 2.57. The molecule has 0 amide bonds. The molecule has 5 rings (SSSR count). The number of likely N-dealkylation sites (tertiary alicyclic amines) is 1. The van der Waals surface area contributed by atoms with Gasteiger partial charge in [-0.25, -0.2) is 4.98 Å². The van der Waals surface area contributed by atoms with E-state index in [-0.39, 0.29) is 17.6 Å². The lowest BCUT2D eigenvalue weighted by Crippen LogP contribution is -2.59. The third-order valence-corrected chi connectivity index (χ3v) is 6.58. The number of benzene rings is 1. The Morgan fingerprint density at radius 1 is 1.22 bits per heavy atom. The molecule has 23 heavy (non-hydrogen) atoms. The predicted octanol–water partition coefficient (Wildman–Crippen LogP) is 2.55. The topological polar surface area (TPSA) is 41.3 Å². The maximum atomic E-state index is 11.1. The molecule has 0 radical (unpaired) electrons. The van der Waals surface area contributed by atoms with Gasteiger partial charge >= 0.3 is 0 Å². The van der Waals surface area contributed by atoms with Crippen molar-refractivity contribution in [1.82, 2.24) is 14.5 Å². The van der Waals surface area contributed by atoms with Crippen molar-refractivity contribution < 1.29 is 5.11 Å². The van der Waals surface area contributed by atoms with Crippen molar-refractivity contribution >= 4 is 0 Å². The first-order valence-corrected chi connectivity index (χ1v) is 8.67. The Kier molecular flexibility index (Phi) is 2.80. The zero-order valence-corrected chi connectivity index (χ0v) is 13.5. The minimum Gasteiger partial charge on any atom is -0.392 e. The van der Waals surface area contributed by atoms with Gasteiger partial charge in [-0.1, -0.05) is 24.3 Å². The van der Waals surface area contributed by atoms with Crippen LogP contribution in [0.25, 0.3) is 11.3 Å². The number of aliphatic hydroxyl groups excluding tert-OH is 1. The third kappa shape index (κ3) is 1.76. The van der Waals surface area contributed by atoms with E-state index in [0.29, 0.717) is 5.92 Å². The van der Waals surface area contributed by atoms with Crippen molar-refractivity contribution in [1.29, 1.82) is 0 Å². The lowest BCUT2D eigenvalue weighted by molar-refractivity contribution is -0.156. The SMILES string of the molecule is CN1CCC2(CC1)C[C@@H]([C@H]1c3ccccc3-c3cncn31)[C@H]2O. The molecule has 1 saturated heterocycles. The molecule has 2 fully saturated rings. The van der Waals surface area contributed by atoms with Crippen LogP contribution in [-0.4, -0.2) is 45.8 Å². The highest BCUT2D eigenvalue weighted by molar-refractivity contribution is 5.69. The van der Waals surface area contributed by atoms with E-state index in [1.54, 1.807) is 0 Å². The maximum Gasteiger partial charge on any atom is 0.0956 e. The number of hydrogen-bond acceptors (Lipinski definition) is 3. The maximum absolute atomic E-state index is 11.1. The molecule has 0 unspecified atom stereocenters. The summed E-state index contributed by atoms with van der Waals surface area (Å²) in [4.78, 5) is 6.73. The van der Waals surface area contributed by atoms with Crippen LogP contribution in [0.15, 0.2) is 36.8 Å². The zero-order chi connectivity index (χ0) is 15.6. The minimum atomic E-state index is -0.192. The quantitative estimate of drug-likeness (QED) is 0.880. The Morgan fingerprint density at radius 3 is 2.78 bits per heavy atom. The van der Waals surface area contributed by atoms with E-state index < -0.39 is 0 Å². The van der Waals surface area contributed by atoms with Gasteiger partial charge in [0.15, 0.2) is 0 Å². The van der Waals surface area contributed by atoms with E-state index in [1.165, 1.54) is 16.8 Å². The second-order valence-corrected chi connectivity index (χ2v) is 7.70. The molecule has 4 heteroatoms. The number of fused-ring (bicyclic) bond motifs is 3. The fourth-order valence-corrected chi connectivity index (χ4v) is 5.15. The van der Waals surface area contributed by atoms with Gasteiger partial charge in [0.2, 0.25) is 0 Å². The Labute approximate surface area is 136 Å². The summed E-state index contributed by atoms with van der Waals surface area (Å²) >= 11 is 0. The number of rotatable bonds is 1. The van der Waals surface area contributed by atoms with Crippen LogP contribution in [-0.2, 0) is 0 Å². The van der Waals surface area contributed by atoms with E-state index in [0.717, 1.165) is 32.4 Å². The molecule has 3 atom stereocenters. The van der Waals surface area contributed by atoms with Crippen LogP contribution in [0.3, 0.4) is 0 Å². The number of piperidine rings is 1. The van der Waals surface area contributed by atoms with Gasteiger partial charge in [-0.2, -0.15) is 0 Å². The second-order valence-electron chi connectivity index (χ2n) is 7.70. The molecule has 3 aliphatic rings.